The highest BCUT2D eigenvalue weighted by atomic mass is 19.4. The number of nitrogens with zero attached hydrogens (tertiary/aromatic N) is 2. The second-order valence-corrected chi connectivity index (χ2v) is 6.22. The molecule has 0 spiro atoms. The summed E-state index contributed by atoms with van der Waals surface area (Å²) in [7, 11) is 0. The van der Waals surface area contributed by atoms with Crippen molar-refractivity contribution < 1.29 is 27.5 Å². The minimum atomic E-state index is -4.49. The van der Waals surface area contributed by atoms with Crippen LogP contribution in [0.3, 0.4) is 0 Å². The van der Waals surface area contributed by atoms with Gasteiger partial charge in [-0.15, -0.1) is 0 Å². The maximum atomic E-state index is 12.9. The van der Waals surface area contributed by atoms with Crippen molar-refractivity contribution in [3.63, 3.8) is 0 Å². The smallest absolute Gasteiger partial charge is 0.416 e. The number of rotatable bonds is 2. The van der Waals surface area contributed by atoms with Gasteiger partial charge in [-0.1, -0.05) is 0 Å². The number of carbonyl (C=O) groups is 2. The molecular formula is C16H15F3N2O3. The first-order chi connectivity index (χ1) is 11.1. The molecule has 0 atom stereocenters. The Balaban J connectivity index is 1.98. The first-order valence-electron chi connectivity index (χ1n) is 7.39. The van der Waals surface area contributed by atoms with E-state index in [9.17, 15) is 22.8 Å². The van der Waals surface area contributed by atoms with E-state index in [1.807, 2.05) is 0 Å². The van der Waals surface area contributed by atoms with Gasteiger partial charge in [-0.05, 0) is 32.0 Å². The van der Waals surface area contributed by atoms with Crippen LogP contribution in [-0.4, -0.2) is 34.6 Å². The van der Waals surface area contributed by atoms with Gasteiger partial charge in [0.1, 0.15) is 17.0 Å². The van der Waals surface area contributed by atoms with Crippen LogP contribution in [0.25, 0.3) is 0 Å². The van der Waals surface area contributed by atoms with E-state index in [1.54, 1.807) is 13.8 Å². The zero-order valence-corrected chi connectivity index (χ0v) is 13.1. The summed E-state index contributed by atoms with van der Waals surface area (Å²) in [6.45, 7) is 3.30. The standard InChI is InChI=1S/C16H15F3N2O3/c1-15(2)12(8-21-13(22)5-6-14(21)23)20-10-7-9(16(17,18)19)3-4-11(10)24-15/h3-4,7H,5-6,8H2,1-2H3. The van der Waals surface area contributed by atoms with Gasteiger partial charge < -0.3 is 4.74 Å². The van der Waals surface area contributed by atoms with E-state index in [0.29, 0.717) is 5.71 Å². The number of halogens is 3. The zero-order chi connectivity index (χ0) is 17.7. The van der Waals surface area contributed by atoms with E-state index in [2.05, 4.69) is 4.99 Å². The van der Waals surface area contributed by atoms with Crippen LogP contribution >= 0.6 is 0 Å². The highest BCUT2D eigenvalue weighted by Gasteiger charge is 2.39. The van der Waals surface area contributed by atoms with Crippen LogP contribution in [0.5, 0.6) is 5.75 Å². The molecule has 5 nitrogen and oxygen atoms in total. The monoisotopic (exact) mass is 340 g/mol. The van der Waals surface area contributed by atoms with Crippen LogP contribution < -0.4 is 4.74 Å². The van der Waals surface area contributed by atoms with E-state index < -0.39 is 17.3 Å². The van der Waals surface area contributed by atoms with Crippen molar-refractivity contribution in [1.82, 2.24) is 4.90 Å². The SMILES string of the molecule is CC1(C)Oc2ccc(C(F)(F)F)cc2N=C1CN1C(=O)CCC1=O. The molecule has 0 bridgehead atoms. The number of likely N-dealkylation sites (tertiary alicyclic amines) is 1. The molecule has 24 heavy (non-hydrogen) atoms. The van der Waals surface area contributed by atoms with Crippen LogP contribution in [-0.2, 0) is 15.8 Å². The summed E-state index contributed by atoms with van der Waals surface area (Å²) >= 11 is 0. The number of ether oxygens (including phenoxy) is 1. The number of aliphatic imine (C=N–C) groups is 1. The van der Waals surface area contributed by atoms with Crippen molar-refractivity contribution >= 4 is 23.2 Å². The Morgan fingerprint density at radius 2 is 1.83 bits per heavy atom. The molecule has 2 heterocycles. The van der Waals surface area contributed by atoms with Gasteiger partial charge in [0.25, 0.3) is 0 Å². The number of amides is 2. The van der Waals surface area contributed by atoms with Gasteiger partial charge >= 0.3 is 6.18 Å². The van der Waals surface area contributed by atoms with Crippen molar-refractivity contribution in [2.45, 2.75) is 38.5 Å². The van der Waals surface area contributed by atoms with Crippen LogP contribution in [0.15, 0.2) is 23.2 Å². The van der Waals surface area contributed by atoms with Gasteiger partial charge in [-0.3, -0.25) is 14.5 Å². The number of alkyl halides is 3. The van der Waals surface area contributed by atoms with Crippen LogP contribution in [0.4, 0.5) is 18.9 Å². The van der Waals surface area contributed by atoms with Crippen LogP contribution in [0.2, 0.25) is 0 Å². The summed E-state index contributed by atoms with van der Waals surface area (Å²) in [4.78, 5) is 28.8. The molecule has 0 N–H and O–H groups in total. The lowest BCUT2D eigenvalue weighted by atomic mass is 9.99. The van der Waals surface area contributed by atoms with E-state index in [4.69, 9.17) is 4.74 Å². The highest BCUT2D eigenvalue weighted by molar-refractivity contribution is 6.07. The molecule has 0 aliphatic carbocycles. The summed E-state index contributed by atoms with van der Waals surface area (Å²) in [6, 6.07) is 3.06. The van der Waals surface area contributed by atoms with Crippen molar-refractivity contribution in [3.8, 4) is 5.75 Å². The predicted molar refractivity (Wildman–Crippen MR) is 79.2 cm³/mol. The molecule has 1 aromatic carbocycles. The summed E-state index contributed by atoms with van der Waals surface area (Å²) in [6.07, 6.45) is -4.21. The third kappa shape index (κ3) is 2.88. The molecule has 8 heteroatoms. The van der Waals surface area contributed by atoms with Crippen molar-refractivity contribution in [2.24, 2.45) is 4.99 Å². The topological polar surface area (TPSA) is 59.0 Å². The van der Waals surface area contributed by atoms with Gasteiger partial charge in [0.2, 0.25) is 11.8 Å². The first kappa shape index (κ1) is 16.5. The van der Waals surface area contributed by atoms with Gasteiger partial charge in [-0.25, -0.2) is 4.99 Å². The van der Waals surface area contributed by atoms with E-state index in [1.165, 1.54) is 6.07 Å². The van der Waals surface area contributed by atoms with Gasteiger partial charge in [-0.2, -0.15) is 13.2 Å². The zero-order valence-electron chi connectivity index (χ0n) is 13.1. The number of imide groups is 1. The number of hydrogen-bond acceptors (Lipinski definition) is 4. The molecule has 0 aromatic heterocycles. The molecule has 3 rings (SSSR count). The second-order valence-electron chi connectivity index (χ2n) is 6.22. The van der Waals surface area contributed by atoms with Crippen LogP contribution in [0.1, 0.15) is 32.3 Å². The fourth-order valence-corrected chi connectivity index (χ4v) is 2.66. The summed E-state index contributed by atoms with van der Waals surface area (Å²) in [5, 5.41) is 0. The molecule has 2 amide bonds. The molecule has 2 aliphatic heterocycles. The molecule has 0 saturated carbocycles. The first-order valence-corrected chi connectivity index (χ1v) is 7.39. The number of benzene rings is 1. The van der Waals surface area contributed by atoms with E-state index in [0.717, 1.165) is 17.0 Å². The quantitative estimate of drug-likeness (QED) is 0.778. The molecule has 0 radical (unpaired) electrons. The average Bonchev–Trinajstić information content (AvgIpc) is 2.77. The van der Waals surface area contributed by atoms with Crippen molar-refractivity contribution in [3.05, 3.63) is 23.8 Å². The molecule has 2 aliphatic rings. The number of hydrogen-bond donors (Lipinski definition) is 0. The van der Waals surface area contributed by atoms with Gasteiger partial charge in [0.05, 0.1) is 17.8 Å². The fourth-order valence-electron chi connectivity index (χ4n) is 2.66. The predicted octanol–water partition coefficient (Wildman–Crippen LogP) is 3.10. The summed E-state index contributed by atoms with van der Waals surface area (Å²) in [5.41, 5.74) is -1.40. The Hall–Kier alpha value is -2.38. The molecule has 1 aromatic rings. The Morgan fingerprint density at radius 1 is 1.21 bits per heavy atom. The third-order valence-electron chi connectivity index (χ3n) is 4.06. The number of carbonyl (C=O) groups excluding carboxylic acids is 2. The van der Waals surface area contributed by atoms with Gasteiger partial charge in [0.15, 0.2) is 0 Å². The average molecular weight is 340 g/mol. The highest BCUT2D eigenvalue weighted by Crippen LogP contribution is 2.40. The maximum Gasteiger partial charge on any atom is 0.416 e. The van der Waals surface area contributed by atoms with E-state index in [-0.39, 0.29) is 42.6 Å². The van der Waals surface area contributed by atoms with Gasteiger partial charge in [0, 0.05) is 12.8 Å². The Bertz CT molecular complexity index is 737. The Labute approximate surface area is 136 Å². The Morgan fingerprint density at radius 3 is 2.42 bits per heavy atom. The Kier molecular flexibility index (Phi) is 3.65. The second kappa shape index (κ2) is 5.32. The van der Waals surface area contributed by atoms with E-state index >= 15 is 0 Å². The summed E-state index contributed by atoms with van der Waals surface area (Å²) < 4.78 is 44.3. The minimum Gasteiger partial charge on any atom is -0.480 e. The van der Waals surface area contributed by atoms with Crippen molar-refractivity contribution in [2.75, 3.05) is 6.54 Å². The largest absolute Gasteiger partial charge is 0.480 e. The lowest BCUT2D eigenvalue weighted by molar-refractivity contribution is -0.138. The van der Waals surface area contributed by atoms with Crippen LogP contribution in [0, 0.1) is 0 Å². The summed E-state index contributed by atoms with van der Waals surface area (Å²) in [5.74, 6) is -0.391. The minimum absolute atomic E-state index is 0.0400. The maximum absolute atomic E-state index is 12.9. The molecular weight excluding hydrogens is 325 g/mol. The lowest BCUT2D eigenvalue weighted by Gasteiger charge is -2.34. The molecule has 128 valence electrons. The number of fused-ring (bicyclic) bond motifs is 1. The lowest BCUT2D eigenvalue weighted by Crippen LogP contribution is -2.47. The normalized spacial score (nSPS) is 19.9. The molecule has 1 fully saturated rings. The molecule has 0 unspecified atom stereocenters. The molecule has 1 saturated heterocycles. The fraction of sp³-hybridized carbons (Fsp3) is 0.438. The van der Waals surface area contributed by atoms with Crippen molar-refractivity contribution in [1.29, 1.82) is 0 Å². The third-order valence-corrected chi connectivity index (χ3v) is 4.06.